The van der Waals surface area contributed by atoms with Gasteiger partial charge in [-0.15, -0.1) is 11.8 Å². The average molecular weight is 409 g/mol. The molecule has 0 radical (unpaired) electrons. The molecule has 0 aliphatic heterocycles. The summed E-state index contributed by atoms with van der Waals surface area (Å²) in [5, 5.41) is 2.87. The molecule has 1 heterocycles. The van der Waals surface area contributed by atoms with Crippen LogP contribution in [0.5, 0.6) is 0 Å². The number of amides is 2. The van der Waals surface area contributed by atoms with Gasteiger partial charge in [-0.3, -0.25) is 9.59 Å². The third kappa shape index (κ3) is 5.74. The Labute approximate surface area is 175 Å². The first-order valence-corrected chi connectivity index (χ1v) is 10.6. The fraction of sp³-hybridized carbons (Fsp3) is 0.217. The van der Waals surface area contributed by atoms with Gasteiger partial charge in [0.25, 0.3) is 0 Å². The van der Waals surface area contributed by atoms with Gasteiger partial charge < -0.3 is 14.6 Å². The van der Waals surface area contributed by atoms with Gasteiger partial charge in [-0.25, -0.2) is 0 Å². The Hall–Kier alpha value is -2.99. The van der Waals surface area contributed by atoms with E-state index < -0.39 is 0 Å². The van der Waals surface area contributed by atoms with Gasteiger partial charge in [0.2, 0.25) is 11.8 Å². The van der Waals surface area contributed by atoms with Crippen molar-refractivity contribution in [3.8, 4) is 11.3 Å². The number of hydrogen-bond acceptors (Lipinski definition) is 4. The Kier molecular flexibility index (Phi) is 7.14. The van der Waals surface area contributed by atoms with Crippen LogP contribution in [0.4, 0.5) is 5.69 Å². The van der Waals surface area contributed by atoms with Crippen molar-refractivity contribution in [3.63, 3.8) is 0 Å². The molecule has 0 atom stereocenters. The van der Waals surface area contributed by atoms with Crippen LogP contribution in [-0.2, 0) is 16.0 Å². The Balaban J connectivity index is 1.49. The summed E-state index contributed by atoms with van der Waals surface area (Å²) in [5.41, 5.74) is 1.76. The van der Waals surface area contributed by atoms with Crippen molar-refractivity contribution in [3.05, 3.63) is 72.5 Å². The lowest BCUT2D eigenvalue weighted by Crippen LogP contribution is -2.35. The van der Waals surface area contributed by atoms with Gasteiger partial charge in [-0.1, -0.05) is 42.5 Å². The van der Waals surface area contributed by atoms with E-state index in [9.17, 15) is 9.59 Å². The highest BCUT2D eigenvalue weighted by Crippen LogP contribution is 2.24. The Morgan fingerprint density at radius 2 is 1.72 bits per heavy atom. The number of carbonyl (C=O) groups is 2. The highest BCUT2D eigenvalue weighted by Gasteiger charge is 2.15. The molecule has 0 aliphatic carbocycles. The number of nitrogens with zero attached hydrogens (tertiary/aromatic N) is 1. The molecule has 3 rings (SSSR count). The van der Waals surface area contributed by atoms with E-state index >= 15 is 0 Å². The number of furan rings is 1. The molecule has 0 fully saturated rings. The second-order valence-electron chi connectivity index (χ2n) is 6.63. The van der Waals surface area contributed by atoms with Crippen molar-refractivity contribution in [1.29, 1.82) is 0 Å². The molecule has 150 valence electrons. The lowest BCUT2D eigenvalue weighted by molar-refractivity contribution is -0.133. The molecule has 6 heteroatoms. The van der Waals surface area contributed by atoms with Crippen LogP contribution in [0.3, 0.4) is 0 Å². The van der Waals surface area contributed by atoms with Gasteiger partial charge in [-0.2, -0.15) is 0 Å². The van der Waals surface area contributed by atoms with Crippen molar-refractivity contribution in [2.24, 2.45) is 0 Å². The molecule has 1 N–H and O–H groups in total. The zero-order valence-electron chi connectivity index (χ0n) is 16.6. The number of aryl methyl sites for hydroxylation is 1. The molecule has 0 saturated carbocycles. The van der Waals surface area contributed by atoms with Crippen molar-refractivity contribution in [1.82, 2.24) is 4.90 Å². The maximum Gasteiger partial charge on any atom is 0.244 e. The van der Waals surface area contributed by atoms with Gasteiger partial charge in [-0.05, 0) is 30.5 Å². The van der Waals surface area contributed by atoms with Gasteiger partial charge in [0.05, 0.1) is 12.2 Å². The van der Waals surface area contributed by atoms with Crippen LogP contribution in [-0.4, -0.2) is 36.6 Å². The van der Waals surface area contributed by atoms with E-state index in [-0.39, 0.29) is 24.8 Å². The third-order valence-corrected chi connectivity index (χ3v) is 5.29. The SMILES string of the molecule is CSc1ccccc1NC(=O)CN(C)C(=O)CCc1ccc(-c2ccccc2)o1. The summed E-state index contributed by atoms with van der Waals surface area (Å²) in [6, 6.07) is 21.2. The van der Waals surface area contributed by atoms with Crippen molar-refractivity contribution in [2.45, 2.75) is 17.7 Å². The summed E-state index contributed by atoms with van der Waals surface area (Å²) >= 11 is 1.56. The second kappa shape index (κ2) is 9.98. The minimum absolute atomic E-state index is 0.00890. The van der Waals surface area contributed by atoms with E-state index in [0.29, 0.717) is 6.42 Å². The molecular weight excluding hydrogens is 384 g/mol. The number of likely N-dealkylation sites (N-methyl/N-ethyl adjacent to an activating group) is 1. The van der Waals surface area contributed by atoms with Gasteiger partial charge >= 0.3 is 0 Å². The first-order valence-electron chi connectivity index (χ1n) is 9.38. The first-order chi connectivity index (χ1) is 14.1. The van der Waals surface area contributed by atoms with E-state index in [4.69, 9.17) is 4.42 Å². The van der Waals surface area contributed by atoms with Gasteiger partial charge in [0, 0.05) is 30.3 Å². The monoisotopic (exact) mass is 408 g/mol. The largest absolute Gasteiger partial charge is 0.461 e. The smallest absolute Gasteiger partial charge is 0.244 e. The average Bonchev–Trinajstić information content (AvgIpc) is 3.22. The number of nitrogens with one attached hydrogen (secondary N) is 1. The maximum atomic E-state index is 12.4. The summed E-state index contributed by atoms with van der Waals surface area (Å²) < 4.78 is 5.83. The van der Waals surface area contributed by atoms with Crippen molar-refractivity contribution < 1.29 is 14.0 Å². The highest BCUT2D eigenvalue weighted by atomic mass is 32.2. The lowest BCUT2D eigenvalue weighted by Gasteiger charge is -2.17. The fourth-order valence-electron chi connectivity index (χ4n) is 2.93. The minimum atomic E-state index is -0.216. The van der Waals surface area contributed by atoms with Crippen LogP contribution in [0, 0.1) is 0 Å². The highest BCUT2D eigenvalue weighted by molar-refractivity contribution is 7.98. The number of rotatable bonds is 8. The van der Waals surface area contributed by atoms with Crippen LogP contribution >= 0.6 is 11.8 Å². The predicted octanol–water partition coefficient (Wildman–Crippen LogP) is 4.70. The summed E-state index contributed by atoms with van der Waals surface area (Å²) in [4.78, 5) is 27.1. The zero-order valence-corrected chi connectivity index (χ0v) is 17.4. The standard InChI is InChI=1S/C23H24N2O3S/c1-25(16-22(26)24-19-10-6-7-11-21(19)29-2)23(27)15-13-18-12-14-20(28-18)17-8-4-3-5-9-17/h3-12,14H,13,15-16H2,1-2H3,(H,24,26). The number of benzene rings is 2. The molecule has 0 bridgehead atoms. The predicted molar refractivity (Wildman–Crippen MR) is 117 cm³/mol. The van der Waals surface area contributed by atoms with Crippen LogP contribution < -0.4 is 5.32 Å². The maximum absolute atomic E-state index is 12.4. The molecule has 0 aliphatic rings. The summed E-state index contributed by atoms with van der Waals surface area (Å²) in [7, 11) is 1.64. The first kappa shape index (κ1) is 20.7. The van der Waals surface area contributed by atoms with E-state index in [0.717, 1.165) is 27.7 Å². The molecule has 2 aromatic carbocycles. The van der Waals surface area contributed by atoms with Crippen LogP contribution in [0.15, 0.2) is 76.0 Å². The van der Waals surface area contributed by atoms with Crippen molar-refractivity contribution >= 4 is 29.3 Å². The van der Waals surface area contributed by atoms with Gasteiger partial charge in [0.15, 0.2) is 0 Å². The second-order valence-corrected chi connectivity index (χ2v) is 7.48. The third-order valence-electron chi connectivity index (χ3n) is 4.49. The summed E-state index contributed by atoms with van der Waals surface area (Å²) in [5.74, 6) is 1.22. The quantitative estimate of drug-likeness (QED) is 0.549. The topological polar surface area (TPSA) is 62.6 Å². The molecule has 29 heavy (non-hydrogen) atoms. The molecule has 2 amide bonds. The van der Waals surface area contributed by atoms with Crippen LogP contribution in [0.25, 0.3) is 11.3 Å². The van der Waals surface area contributed by atoms with E-state index in [1.54, 1.807) is 18.8 Å². The normalized spacial score (nSPS) is 10.6. The van der Waals surface area contributed by atoms with Crippen molar-refractivity contribution in [2.75, 3.05) is 25.2 Å². The van der Waals surface area contributed by atoms with E-state index in [2.05, 4.69) is 5.32 Å². The number of anilines is 1. The van der Waals surface area contributed by atoms with E-state index in [1.807, 2.05) is 73.0 Å². The minimum Gasteiger partial charge on any atom is -0.461 e. The Morgan fingerprint density at radius 1 is 1.00 bits per heavy atom. The molecule has 0 spiro atoms. The Morgan fingerprint density at radius 3 is 2.48 bits per heavy atom. The number of thioether (sulfide) groups is 1. The number of para-hydroxylation sites is 1. The zero-order chi connectivity index (χ0) is 20.6. The molecule has 5 nitrogen and oxygen atoms in total. The fourth-order valence-corrected chi connectivity index (χ4v) is 3.49. The molecule has 3 aromatic rings. The molecule has 0 saturated heterocycles. The van der Waals surface area contributed by atoms with Crippen LogP contribution in [0.1, 0.15) is 12.2 Å². The molecule has 0 unspecified atom stereocenters. The van der Waals surface area contributed by atoms with E-state index in [1.165, 1.54) is 4.90 Å². The number of hydrogen-bond donors (Lipinski definition) is 1. The lowest BCUT2D eigenvalue weighted by atomic mass is 10.2. The Bertz CT molecular complexity index is 969. The van der Waals surface area contributed by atoms with Gasteiger partial charge in [0.1, 0.15) is 11.5 Å². The summed E-state index contributed by atoms with van der Waals surface area (Å²) in [6.07, 6.45) is 2.73. The molecular formula is C23H24N2O3S. The number of carbonyl (C=O) groups excluding carboxylic acids is 2. The van der Waals surface area contributed by atoms with Crippen LogP contribution in [0.2, 0.25) is 0 Å². The molecule has 1 aromatic heterocycles. The summed E-state index contributed by atoms with van der Waals surface area (Å²) in [6.45, 7) is 0.00890.